The third kappa shape index (κ3) is 3.51. The average molecular weight is 357 g/mol. The van der Waals surface area contributed by atoms with Crippen molar-refractivity contribution in [3.63, 3.8) is 0 Å². The second-order valence-corrected chi connectivity index (χ2v) is 7.40. The van der Waals surface area contributed by atoms with E-state index in [1.165, 1.54) is 4.88 Å². The van der Waals surface area contributed by atoms with Crippen LogP contribution >= 0.6 is 11.3 Å². The van der Waals surface area contributed by atoms with Crippen LogP contribution in [0.15, 0.2) is 23.6 Å². The quantitative estimate of drug-likeness (QED) is 0.764. The van der Waals surface area contributed by atoms with Crippen molar-refractivity contribution in [1.29, 1.82) is 0 Å². The van der Waals surface area contributed by atoms with E-state index in [4.69, 9.17) is 0 Å². The summed E-state index contributed by atoms with van der Waals surface area (Å²) in [4.78, 5) is 13.9. The van der Waals surface area contributed by atoms with Crippen LogP contribution in [0.3, 0.4) is 0 Å². The van der Waals surface area contributed by atoms with Gasteiger partial charge in [0.2, 0.25) is 0 Å². The predicted octanol–water partition coefficient (Wildman–Crippen LogP) is 2.86. The van der Waals surface area contributed by atoms with Crippen LogP contribution in [-0.2, 0) is 20.5 Å². The Kier molecular flexibility index (Phi) is 4.76. The lowest BCUT2D eigenvalue weighted by Crippen LogP contribution is -2.35. The SMILES string of the molecule is Cc1nn(C)c(C)c1-c1cc(C(=O)NC(C)Cc2cccs2)n(C)n1. The molecule has 3 aromatic rings. The van der Waals surface area contributed by atoms with Gasteiger partial charge in [-0.05, 0) is 38.3 Å². The zero-order chi connectivity index (χ0) is 18.1. The molecule has 1 amide bonds. The van der Waals surface area contributed by atoms with E-state index in [1.54, 1.807) is 23.1 Å². The number of nitrogens with zero attached hydrogens (tertiary/aromatic N) is 4. The number of hydrogen-bond donors (Lipinski definition) is 1. The average Bonchev–Trinajstić information content (AvgIpc) is 3.21. The molecule has 7 heteroatoms. The van der Waals surface area contributed by atoms with Gasteiger partial charge in [0.05, 0.1) is 11.4 Å². The van der Waals surface area contributed by atoms with Crippen LogP contribution in [0.5, 0.6) is 0 Å². The van der Waals surface area contributed by atoms with E-state index in [-0.39, 0.29) is 11.9 Å². The molecule has 25 heavy (non-hydrogen) atoms. The molecular formula is C18H23N5OS. The van der Waals surface area contributed by atoms with Gasteiger partial charge >= 0.3 is 0 Å². The lowest BCUT2D eigenvalue weighted by molar-refractivity contribution is 0.0930. The van der Waals surface area contributed by atoms with E-state index in [9.17, 15) is 4.79 Å². The smallest absolute Gasteiger partial charge is 0.269 e. The zero-order valence-electron chi connectivity index (χ0n) is 15.2. The summed E-state index contributed by atoms with van der Waals surface area (Å²) in [5, 5.41) is 14.1. The number of nitrogens with one attached hydrogen (secondary N) is 1. The fourth-order valence-corrected chi connectivity index (χ4v) is 3.86. The summed E-state index contributed by atoms with van der Waals surface area (Å²) in [5.74, 6) is -0.107. The fraction of sp³-hybridized carbons (Fsp3) is 0.389. The summed E-state index contributed by atoms with van der Waals surface area (Å²) in [6, 6.07) is 6.01. The van der Waals surface area contributed by atoms with E-state index in [0.717, 1.165) is 29.1 Å². The Balaban J connectivity index is 1.79. The van der Waals surface area contributed by atoms with Crippen LogP contribution in [0.1, 0.15) is 33.7 Å². The second-order valence-electron chi connectivity index (χ2n) is 6.37. The number of carbonyl (C=O) groups excluding carboxylic acids is 1. The van der Waals surface area contributed by atoms with Crippen molar-refractivity contribution in [3.8, 4) is 11.3 Å². The van der Waals surface area contributed by atoms with E-state index >= 15 is 0 Å². The first-order valence-electron chi connectivity index (χ1n) is 8.24. The Morgan fingerprint density at radius 3 is 2.64 bits per heavy atom. The van der Waals surface area contributed by atoms with Crippen molar-refractivity contribution >= 4 is 17.2 Å². The van der Waals surface area contributed by atoms with E-state index < -0.39 is 0 Å². The Morgan fingerprint density at radius 1 is 1.28 bits per heavy atom. The van der Waals surface area contributed by atoms with E-state index in [2.05, 4.69) is 27.0 Å². The lowest BCUT2D eigenvalue weighted by atomic mass is 10.1. The van der Waals surface area contributed by atoms with Gasteiger partial charge in [-0.2, -0.15) is 10.2 Å². The number of hydrogen-bond acceptors (Lipinski definition) is 4. The maximum absolute atomic E-state index is 12.6. The highest BCUT2D eigenvalue weighted by Crippen LogP contribution is 2.26. The normalized spacial score (nSPS) is 12.4. The second kappa shape index (κ2) is 6.84. The zero-order valence-corrected chi connectivity index (χ0v) is 16.0. The Hall–Kier alpha value is -2.41. The van der Waals surface area contributed by atoms with Gasteiger partial charge < -0.3 is 5.32 Å². The molecule has 0 bridgehead atoms. The van der Waals surface area contributed by atoms with E-state index in [0.29, 0.717) is 5.69 Å². The van der Waals surface area contributed by atoms with Gasteiger partial charge in [-0.3, -0.25) is 14.2 Å². The molecule has 0 spiro atoms. The van der Waals surface area contributed by atoms with Crippen molar-refractivity contribution < 1.29 is 4.79 Å². The fourth-order valence-electron chi connectivity index (χ4n) is 3.03. The molecule has 132 valence electrons. The highest BCUT2D eigenvalue weighted by atomic mass is 32.1. The summed E-state index contributed by atoms with van der Waals surface area (Å²) in [6.07, 6.45) is 0.828. The Bertz CT molecular complexity index is 891. The highest BCUT2D eigenvalue weighted by molar-refractivity contribution is 7.09. The third-order valence-corrected chi connectivity index (χ3v) is 5.24. The van der Waals surface area contributed by atoms with Crippen molar-refractivity contribution in [2.24, 2.45) is 14.1 Å². The van der Waals surface area contributed by atoms with Gasteiger partial charge in [-0.1, -0.05) is 6.07 Å². The van der Waals surface area contributed by atoms with Gasteiger partial charge in [-0.25, -0.2) is 0 Å². The predicted molar refractivity (Wildman–Crippen MR) is 99.8 cm³/mol. The first-order valence-corrected chi connectivity index (χ1v) is 9.12. The highest BCUT2D eigenvalue weighted by Gasteiger charge is 2.20. The van der Waals surface area contributed by atoms with Crippen LogP contribution in [0.25, 0.3) is 11.3 Å². The molecule has 6 nitrogen and oxygen atoms in total. The first-order chi connectivity index (χ1) is 11.9. The Labute approximate surface area is 151 Å². The summed E-state index contributed by atoms with van der Waals surface area (Å²) >= 11 is 1.71. The number of aryl methyl sites for hydroxylation is 3. The molecule has 0 radical (unpaired) electrons. The molecule has 0 aliphatic carbocycles. The van der Waals surface area contributed by atoms with Gasteiger partial charge in [0, 0.05) is 42.7 Å². The molecule has 0 aliphatic heterocycles. The van der Waals surface area contributed by atoms with Gasteiger partial charge in [0.1, 0.15) is 5.69 Å². The molecule has 1 atom stereocenters. The molecular weight excluding hydrogens is 334 g/mol. The monoisotopic (exact) mass is 357 g/mol. The minimum absolute atomic E-state index is 0.0614. The first kappa shape index (κ1) is 17.4. The standard InChI is InChI=1S/C18H23N5OS/c1-11(9-14-7-6-8-25-14)19-18(24)16-10-15(21-23(16)5)17-12(2)20-22(4)13(17)3/h6-8,10-11H,9H2,1-5H3,(H,19,24). The van der Waals surface area contributed by atoms with Crippen LogP contribution < -0.4 is 5.32 Å². The summed E-state index contributed by atoms with van der Waals surface area (Å²) in [6.45, 7) is 5.98. The number of carbonyl (C=O) groups is 1. The van der Waals surface area contributed by atoms with Gasteiger partial charge in [0.25, 0.3) is 5.91 Å². The summed E-state index contributed by atoms with van der Waals surface area (Å²) in [7, 11) is 3.71. The molecule has 3 aromatic heterocycles. The number of thiophene rings is 1. The summed E-state index contributed by atoms with van der Waals surface area (Å²) in [5.41, 5.74) is 4.27. The molecule has 3 heterocycles. The molecule has 0 aromatic carbocycles. The van der Waals surface area contributed by atoms with Crippen molar-refractivity contribution in [1.82, 2.24) is 24.9 Å². The number of aromatic nitrogens is 4. The van der Waals surface area contributed by atoms with Crippen molar-refractivity contribution in [2.45, 2.75) is 33.2 Å². The maximum atomic E-state index is 12.6. The van der Waals surface area contributed by atoms with Crippen molar-refractivity contribution in [2.75, 3.05) is 0 Å². The molecule has 1 N–H and O–H groups in total. The molecule has 0 aliphatic rings. The number of amides is 1. The minimum atomic E-state index is -0.107. The Morgan fingerprint density at radius 2 is 2.04 bits per heavy atom. The maximum Gasteiger partial charge on any atom is 0.269 e. The third-order valence-electron chi connectivity index (χ3n) is 4.34. The molecule has 1 unspecified atom stereocenters. The molecule has 0 saturated carbocycles. The topological polar surface area (TPSA) is 64.7 Å². The number of rotatable bonds is 5. The van der Waals surface area contributed by atoms with E-state index in [1.807, 2.05) is 44.6 Å². The summed E-state index contributed by atoms with van der Waals surface area (Å²) < 4.78 is 3.47. The van der Waals surface area contributed by atoms with Gasteiger partial charge in [-0.15, -0.1) is 11.3 Å². The van der Waals surface area contributed by atoms with Crippen molar-refractivity contribution in [3.05, 3.63) is 45.5 Å². The van der Waals surface area contributed by atoms with Crippen LogP contribution in [-0.4, -0.2) is 31.5 Å². The van der Waals surface area contributed by atoms with Crippen LogP contribution in [0, 0.1) is 13.8 Å². The lowest BCUT2D eigenvalue weighted by Gasteiger charge is -2.12. The van der Waals surface area contributed by atoms with Crippen LogP contribution in [0.2, 0.25) is 0 Å². The molecule has 0 saturated heterocycles. The minimum Gasteiger partial charge on any atom is -0.348 e. The molecule has 0 fully saturated rings. The van der Waals surface area contributed by atoms with Crippen LogP contribution in [0.4, 0.5) is 0 Å². The largest absolute Gasteiger partial charge is 0.348 e. The molecule has 3 rings (SSSR count). The van der Waals surface area contributed by atoms with Gasteiger partial charge in [0.15, 0.2) is 0 Å².